The number of hydrogen-bond acceptors (Lipinski definition) is 3. The summed E-state index contributed by atoms with van der Waals surface area (Å²) in [4.78, 5) is 29.3. The van der Waals surface area contributed by atoms with Crippen LogP contribution in [0.25, 0.3) is 0 Å². The van der Waals surface area contributed by atoms with Gasteiger partial charge in [-0.1, -0.05) is 34.2 Å². The van der Waals surface area contributed by atoms with Crippen LogP contribution in [0.1, 0.15) is 57.8 Å². The number of alkyl halides is 4. The molecule has 1 N–H and O–H groups in total. The maximum atomic E-state index is 14.0. The Hall–Kier alpha value is -1.77. The number of fused-ring (bicyclic) bond motifs is 1. The molecule has 0 spiro atoms. The summed E-state index contributed by atoms with van der Waals surface area (Å²) >= 11 is 3.56. The number of amides is 1. The van der Waals surface area contributed by atoms with Crippen LogP contribution >= 0.6 is 15.9 Å². The molecule has 7 unspecified atom stereocenters. The highest BCUT2D eigenvalue weighted by Gasteiger charge is 2.55. The molecule has 37 heavy (non-hydrogen) atoms. The van der Waals surface area contributed by atoms with Crippen LogP contribution in [0.2, 0.25) is 0 Å². The van der Waals surface area contributed by atoms with Crippen molar-refractivity contribution in [3.8, 4) is 0 Å². The van der Waals surface area contributed by atoms with E-state index in [4.69, 9.17) is 0 Å². The number of carboxylic acids is 1. The fourth-order valence-electron chi connectivity index (χ4n) is 7.21. The van der Waals surface area contributed by atoms with Gasteiger partial charge in [-0.3, -0.25) is 9.59 Å². The largest absolute Gasteiger partial charge is 0.481 e. The zero-order valence-electron chi connectivity index (χ0n) is 21.2. The first-order valence-electron chi connectivity index (χ1n) is 13.5. The smallest absolute Gasteiger partial charge is 0.391 e. The molecule has 0 aromatic rings. The number of nitrogens with zero attached hydrogens (tertiary/aromatic N) is 2. The molecule has 5 aliphatic rings. The number of carboxylic acid groups (broad SMARTS) is 1. The lowest BCUT2D eigenvalue weighted by atomic mass is 9.79. The predicted molar refractivity (Wildman–Crippen MR) is 138 cm³/mol. The summed E-state index contributed by atoms with van der Waals surface area (Å²) < 4.78 is 39.8. The number of allylic oxidation sites excluding steroid dienone is 1. The van der Waals surface area contributed by atoms with E-state index in [2.05, 4.69) is 33.0 Å². The van der Waals surface area contributed by atoms with Gasteiger partial charge in [-0.05, 0) is 81.6 Å². The van der Waals surface area contributed by atoms with E-state index in [1.807, 2.05) is 24.2 Å². The molecular formula is C28H36BrF3N2O3. The second-order valence-electron chi connectivity index (χ2n) is 11.7. The molecule has 0 saturated heterocycles. The predicted octanol–water partition coefficient (Wildman–Crippen LogP) is 5.92. The third-order valence-corrected chi connectivity index (χ3v) is 10.8. The lowest BCUT2D eigenvalue weighted by Crippen LogP contribution is -2.52. The van der Waals surface area contributed by atoms with Gasteiger partial charge in [0.1, 0.15) is 0 Å². The van der Waals surface area contributed by atoms with Crippen LogP contribution in [0, 0.1) is 29.6 Å². The first kappa shape index (κ1) is 26.8. The fourth-order valence-corrected chi connectivity index (χ4v) is 8.10. The average Bonchev–Trinajstić information content (AvgIpc) is 3.58. The van der Waals surface area contributed by atoms with Crippen molar-refractivity contribution in [2.45, 2.75) is 80.4 Å². The van der Waals surface area contributed by atoms with E-state index in [9.17, 15) is 27.9 Å². The highest BCUT2D eigenvalue weighted by molar-refractivity contribution is 9.09. The first-order chi connectivity index (χ1) is 17.5. The minimum Gasteiger partial charge on any atom is -0.481 e. The van der Waals surface area contributed by atoms with Crippen molar-refractivity contribution in [3.05, 3.63) is 36.1 Å². The van der Waals surface area contributed by atoms with E-state index in [1.165, 1.54) is 0 Å². The van der Waals surface area contributed by atoms with E-state index >= 15 is 0 Å². The van der Waals surface area contributed by atoms with Crippen LogP contribution in [0.3, 0.4) is 0 Å². The van der Waals surface area contributed by atoms with Gasteiger partial charge in [0.2, 0.25) is 5.91 Å². The molecule has 1 heterocycles. The molecule has 0 aromatic heterocycles. The second kappa shape index (κ2) is 10.1. The molecule has 1 aliphatic heterocycles. The lowest BCUT2D eigenvalue weighted by Gasteiger charge is -2.43. The Morgan fingerprint density at radius 3 is 2.51 bits per heavy atom. The molecule has 9 heteroatoms. The number of carbonyl (C=O) groups excluding carboxylic acids is 1. The average molecular weight is 586 g/mol. The van der Waals surface area contributed by atoms with Crippen LogP contribution in [0.5, 0.6) is 0 Å². The number of rotatable bonds is 6. The molecule has 5 rings (SSSR count). The van der Waals surface area contributed by atoms with Crippen molar-refractivity contribution in [2.75, 3.05) is 13.6 Å². The van der Waals surface area contributed by atoms with Crippen molar-refractivity contribution < 1.29 is 27.9 Å². The van der Waals surface area contributed by atoms with Crippen LogP contribution in [0.15, 0.2) is 36.1 Å². The van der Waals surface area contributed by atoms with Crippen molar-refractivity contribution >= 4 is 27.8 Å². The van der Waals surface area contributed by atoms with Crippen molar-refractivity contribution in [1.82, 2.24) is 9.80 Å². The van der Waals surface area contributed by atoms with Gasteiger partial charge in [0.15, 0.2) is 0 Å². The summed E-state index contributed by atoms with van der Waals surface area (Å²) in [5, 5.41) is 9.32. The van der Waals surface area contributed by atoms with Gasteiger partial charge >= 0.3 is 12.1 Å². The third-order valence-electron chi connectivity index (χ3n) is 9.66. The molecule has 4 aliphatic carbocycles. The molecule has 5 nitrogen and oxygen atoms in total. The Labute approximate surface area is 224 Å². The lowest BCUT2D eigenvalue weighted by molar-refractivity contribution is -0.183. The molecule has 2 saturated carbocycles. The Bertz CT molecular complexity index is 1010. The minimum absolute atomic E-state index is 0.0715. The van der Waals surface area contributed by atoms with Crippen molar-refractivity contribution in [3.63, 3.8) is 0 Å². The number of hydrogen-bond donors (Lipinski definition) is 1. The van der Waals surface area contributed by atoms with Gasteiger partial charge in [0, 0.05) is 29.9 Å². The molecular weight excluding hydrogens is 549 g/mol. The Morgan fingerprint density at radius 1 is 1.16 bits per heavy atom. The summed E-state index contributed by atoms with van der Waals surface area (Å²) in [6, 6.07) is -0.0715. The molecule has 204 valence electrons. The van der Waals surface area contributed by atoms with Crippen molar-refractivity contribution in [1.29, 1.82) is 0 Å². The standard InChI is InChI=1S/C28H36BrF3N2O3/c1-33(27(12-13-27)20-8-5-18(6-9-20)26(36)37)25(35)22-4-2-3-17-11-14-34(24(17)22)16-19-7-10-21(15-23(19)29)28(30,31)32/h3,5,8,11,14,18-24H,2,4,6-7,9-10,12-13,15-16H2,1H3,(H,36,37). The molecule has 2 fully saturated rings. The summed E-state index contributed by atoms with van der Waals surface area (Å²) in [5.41, 5.74) is 0.909. The van der Waals surface area contributed by atoms with Crippen LogP contribution in [0.4, 0.5) is 13.2 Å². The van der Waals surface area contributed by atoms with Gasteiger partial charge in [-0.15, -0.1) is 0 Å². The maximum absolute atomic E-state index is 14.0. The summed E-state index contributed by atoms with van der Waals surface area (Å²) in [6.45, 7) is 0.638. The molecule has 0 bridgehead atoms. The zero-order valence-corrected chi connectivity index (χ0v) is 22.8. The van der Waals surface area contributed by atoms with E-state index < -0.39 is 24.0 Å². The van der Waals surface area contributed by atoms with Crippen LogP contribution < -0.4 is 0 Å². The molecule has 1 amide bonds. The van der Waals surface area contributed by atoms with Crippen LogP contribution in [-0.4, -0.2) is 63.0 Å². The van der Waals surface area contributed by atoms with E-state index in [1.54, 1.807) is 6.08 Å². The topological polar surface area (TPSA) is 60.9 Å². The zero-order chi connectivity index (χ0) is 26.5. The monoisotopic (exact) mass is 584 g/mol. The van der Waals surface area contributed by atoms with Gasteiger partial charge < -0.3 is 14.9 Å². The van der Waals surface area contributed by atoms with E-state index in [0.29, 0.717) is 19.4 Å². The molecule has 7 atom stereocenters. The normalized spacial score (nSPS) is 36.6. The Morgan fingerprint density at radius 2 is 1.92 bits per heavy atom. The Balaban J connectivity index is 1.27. The first-order valence-corrected chi connectivity index (χ1v) is 14.5. The van der Waals surface area contributed by atoms with Crippen LogP contribution in [-0.2, 0) is 9.59 Å². The Kier molecular flexibility index (Phi) is 7.31. The second-order valence-corrected chi connectivity index (χ2v) is 12.9. The highest BCUT2D eigenvalue weighted by Crippen LogP contribution is 2.52. The molecule has 0 aromatic carbocycles. The molecule has 0 radical (unpaired) electrons. The van der Waals surface area contributed by atoms with Gasteiger partial charge in [-0.2, -0.15) is 13.2 Å². The maximum Gasteiger partial charge on any atom is 0.391 e. The third kappa shape index (κ3) is 5.13. The quantitative estimate of drug-likeness (QED) is 0.311. The number of aliphatic carboxylic acids is 1. The summed E-state index contributed by atoms with van der Waals surface area (Å²) in [7, 11) is 1.91. The number of carbonyl (C=O) groups is 2. The minimum atomic E-state index is -4.15. The highest BCUT2D eigenvalue weighted by atomic mass is 79.9. The fraction of sp³-hybridized carbons (Fsp3) is 0.714. The SMILES string of the molecule is CN(C(=O)C1CCC=C2C=CN(CC3CCC(C(F)(F)F)CC3Br)C21)C1(C2C=CC(C(=O)O)CC2)CC1. The van der Waals surface area contributed by atoms with Gasteiger partial charge in [0.05, 0.1) is 23.8 Å². The van der Waals surface area contributed by atoms with E-state index in [-0.39, 0.29) is 52.9 Å². The van der Waals surface area contributed by atoms with E-state index in [0.717, 1.165) is 37.7 Å². The van der Waals surface area contributed by atoms with Gasteiger partial charge in [0.25, 0.3) is 0 Å². The van der Waals surface area contributed by atoms with Gasteiger partial charge in [-0.25, -0.2) is 0 Å². The summed E-state index contributed by atoms with van der Waals surface area (Å²) in [5.74, 6) is -2.28. The van der Waals surface area contributed by atoms with Crippen molar-refractivity contribution in [2.24, 2.45) is 29.6 Å². The number of halogens is 4. The summed E-state index contributed by atoms with van der Waals surface area (Å²) in [6.07, 6.45) is 11.5.